The van der Waals surface area contributed by atoms with Crippen molar-refractivity contribution in [3.8, 4) is 11.4 Å². The second-order valence-corrected chi connectivity index (χ2v) is 8.17. The number of pyridine rings is 1. The molecule has 0 aliphatic carbocycles. The van der Waals surface area contributed by atoms with Gasteiger partial charge in [0.2, 0.25) is 0 Å². The summed E-state index contributed by atoms with van der Waals surface area (Å²) in [6, 6.07) is 12.4. The molecule has 1 aliphatic rings. The zero-order valence-electron chi connectivity index (χ0n) is 17.1. The average molecular weight is 400 g/mol. The lowest BCUT2D eigenvalue weighted by molar-refractivity contribution is 0.318. The minimum absolute atomic E-state index is 0.154. The van der Waals surface area contributed by atoms with Crippen molar-refractivity contribution in [1.82, 2.24) is 29.5 Å². The van der Waals surface area contributed by atoms with Gasteiger partial charge in [-0.05, 0) is 30.0 Å². The molecule has 1 saturated heterocycles. The fourth-order valence-corrected chi connectivity index (χ4v) is 4.38. The molecule has 1 aromatic carbocycles. The van der Waals surface area contributed by atoms with Gasteiger partial charge in [-0.3, -0.25) is 14.7 Å². The molecular weight excluding hydrogens is 376 g/mol. The van der Waals surface area contributed by atoms with E-state index in [-0.39, 0.29) is 11.5 Å². The first kappa shape index (κ1) is 18.7. The van der Waals surface area contributed by atoms with Crippen LogP contribution >= 0.6 is 0 Å². The maximum absolute atomic E-state index is 12.8. The molecule has 0 radical (unpaired) electrons. The van der Waals surface area contributed by atoms with Gasteiger partial charge in [0.05, 0.1) is 6.20 Å². The third-order valence-corrected chi connectivity index (χ3v) is 5.97. The Labute approximate surface area is 174 Å². The van der Waals surface area contributed by atoms with Crippen molar-refractivity contribution in [3.63, 3.8) is 0 Å². The molecule has 0 spiro atoms. The molecule has 4 heterocycles. The minimum atomic E-state index is -0.154. The summed E-state index contributed by atoms with van der Waals surface area (Å²) < 4.78 is 1.68. The normalized spacial score (nSPS) is 19.5. The number of fused-ring (bicyclic) bond motifs is 1. The van der Waals surface area contributed by atoms with Gasteiger partial charge < -0.3 is 4.98 Å². The van der Waals surface area contributed by atoms with Crippen LogP contribution in [0.25, 0.3) is 16.9 Å². The van der Waals surface area contributed by atoms with Crippen molar-refractivity contribution in [2.75, 3.05) is 13.1 Å². The number of aromatic amines is 1. The van der Waals surface area contributed by atoms with Crippen molar-refractivity contribution < 1.29 is 0 Å². The van der Waals surface area contributed by atoms with E-state index in [0.29, 0.717) is 17.3 Å². The number of hydrogen-bond donors (Lipinski definition) is 1. The summed E-state index contributed by atoms with van der Waals surface area (Å²) in [6.45, 7) is 6.95. The van der Waals surface area contributed by atoms with Crippen LogP contribution in [0.3, 0.4) is 0 Å². The maximum Gasteiger partial charge on any atom is 0.276 e. The first-order valence-electron chi connectivity index (χ1n) is 10.3. The largest absolute Gasteiger partial charge is 0.307 e. The van der Waals surface area contributed by atoms with Crippen LogP contribution in [0, 0.1) is 12.8 Å². The van der Waals surface area contributed by atoms with Crippen molar-refractivity contribution in [1.29, 1.82) is 0 Å². The molecule has 1 N–H and O–H groups in total. The topological polar surface area (TPSA) is 79.2 Å². The Morgan fingerprint density at radius 1 is 1.13 bits per heavy atom. The Bertz CT molecular complexity index is 1250. The van der Waals surface area contributed by atoms with Crippen molar-refractivity contribution in [2.24, 2.45) is 5.92 Å². The molecule has 152 valence electrons. The van der Waals surface area contributed by atoms with E-state index >= 15 is 0 Å². The standard InChI is InChI=1S/C23H24N6O/c1-15-10-24-9-8-18(15)22-25-11-20-23(30)26-21(27-29(20)22)19-14-28(12-16(19)2)13-17-6-4-3-5-7-17/h3-11,16,19H,12-14H2,1-2H3,(H,26,27,30). The lowest BCUT2D eigenvalue weighted by atomic mass is 9.97. The number of likely N-dealkylation sites (tertiary alicyclic amines) is 1. The van der Waals surface area contributed by atoms with Gasteiger partial charge in [0.25, 0.3) is 5.56 Å². The first-order valence-corrected chi connectivity index (χ1v) is 10.3. The Balaban J connectivity index is 1.50. The minimum Gasteiger partial charge on any atom is -0.307 e. The third-order valence-electron chi connectivity index (χ3n) is 5.97. The number of rotatable bonds is 4. The number of nitrogens with one attached hydrogen (secondary N) is 1. The molecule has 0 amide bonds. The number of aryl methyl sites for hydroxylation is 1. The number of H-pyrrole nitrogens is 1. The van der Waals surface area contributed by atoms with E-state index in [1.165, 1.54) is 5.56 Å². The Morgan fingerprint density at radius 2 is 1.97 bits per heavy atom. The fraction of sp³-hybridized carbons (Fsp3) is 0.304. The van der Waals surface area contributed by atoms with E-state index in [1.54, 1.807) is 23.1 Å². The third kappa shape index (κ3) is 3.31. The Morgan fingerprint density at radius 3 is 2.77 bits per heavy atom. The summed E-state index contributed by atoms with van der Waals surface area (Å²) in [6.07, 6.45) is 5.12. The molecule has 5 rings (SSSR count). The van der Waals surface area contributed by atoms with Crippen LogP contribution in [0.15, 0.2) is 59.8 Å². The van der Waals surface area contributed by atoms with Crippen molar-refractivity contribution >= 4 is 5.52 Å². The molecule has 7 heteroatoms. The van der Waals surface area contributed by atoms with Crippen LogP contribution in [0.4, 0.5) is 0 Å². The number of nitrogens with zero attached hydrogens (tertiary/aromatic N) is 5. The highest BCUT2D eigenvalue weighted by Crippen LogP contribution is 2.31. The Kier molecular flexibility index (Phi) is 4.67. The van der Waals surface area contributed by atoms with Crippen LogP contribution in [0.5, 0.6) is 0 Å². The molecule has 0 saturated carbocycles. The van der Waals surface area contributed by atoms with Gasteiger partial charge >= 0.3 is 0 Å². The summed E-state index contributed by atoms with van der Waals surface area (Å²) in [5, 5.41) is 4.84. The molecule has 2 unspecified atom stereocenters. The number of imidazole rings is 1. The molecule has 7 nitrogen and oxygen atoms in total. The van der Waals surface area contributed by atoms with Gasteiger partial charge in [0, 0.05) is 43.5 Å². The van der Waals surface area contributed by atoms with Crippen molar-refractivity contribution in [3.05, 3.63) is 82.3 Å². The smallest absolute Gasteiger partial charge is 0.276 e. The van der Waals surface area contributed by atoms with Crippen LogP contribution in [0.2, 0.25) is 0 Å². The zero-order chi connectivity index (χ0) is 20.7. The summed E-state index contributed by atoms with van der Waals surface area (Å²) in [7, 11) is 0. The molecule has 4 aromatic rings. The number of benzene rings is 1. The SMILES string of the molecule is Cc1cnccc1-c1ncc2c(=O)[nH]c(C3CN(Cc4ccccc4)CC3C)nn12. The highest BCUT2D eigenvalue weighted by atomic mass is 16.1. The number of aromatic nitrogens is 5. The van der Waals surface area contributed by atoms with Crippen LogP contribution in [-0.4, -0.2) is 42.6 Å². The van der Waals surface area contributed by atoms with Gasteiger partial charge in [-0.25, -0.2) is 9.50 Å². The quantitative estimate of drug-likeness (QED) is 0.570. The summed E-state index contributed by atoms with van der Waals surface area (Å²) in [4.78, 5) is 26.9. The van der Waals surface area contributed by atoms with E-state index < -0.39 is 0 Å². The molecule has 30 heavy (non-hydrogen) atoms. The van der Waals surface area contributed by atoms with Gasteiger partial charge in [-0.1, -0.05) is 37.3 Å². The fourth-order valence-electron chi connectivity index (χ4n) is 4.38. The monoisotopic (exact) mass is 400 g/mol. The van der Waals surface area contributed by atoms with Gasteiger partial charge in [0.1, 0.15) is 5.82 Å². The molecule has 2 atom stereocenters. The second-order valence-electron chi connectivity index (χ2n) is 8.17. The van der Waals surface area contributed by atoms with Crippen LogP contribution < -0.4 is 5.56 Å². The van der Waals surface area contributed by atoms with Crippen LogP contribution in [-0.2, 0) is 6.54 Å². The lowest BCUT2D eigenvalue weighted by Gasteiger charge is -2.16. The van der Waals surface area contributed by atoms with E-state index in [2.05, 4.69) is 51.0 Å². The van der Waals surface area contributed by atoms with Crippen molar-refractivity contribution in [2.45, 2.75) is 26.3 Å². The van der Waals surface area contributed by atoms with Gasteiger partial charge in [-0.15, -0.1) is 0 Å². The molecular formula is C23H24N6O. The van der Waals surface area contributed by atoms with E-state index in [0.717, 1.165) is 36.6 Å². The summed E-state index contributed by atoms with van der Waals surface area (Å²) in [5.74, 6) is 1.95. The van der Waals surface area contributed by atoms with Gasteiger partial charge in [-0.2, -0.15) is 5.10 Å². The maximum atomic E-state index is 12.8. The van der Waals surface area contributed by atoms with E-state index in [4.69, 9.17) is 5.10 Å². The first-order chi connectivity index (χ1) is 14.6. The van der Waals surface area contributed by atoms with E-state index in [9.17, 15) is 4.79 Å². The van der Waals surface area contributed by atoms with Crippen LogP contribution in [0.1, 0.15) is 29.8 Å². The zero-order valence-corrected chi connectivity index (χ0v) is 17.1. The highest BCUT2D eigenvalue weighted by molar-refractivity contribution is 5.63. The molecule has 1 aliphatic heterocycles. The number of hydrogen-bond acceptors (Lipinski definition) is 5. The molecule has 1 fully saturated rings. The van der Waals surface area contributed by atoms with E-state index in [1.807, 2.05) is 19.1 Å². The predicted molar refractivity (Wildman–Crippen MR) is 115 cm³/mol. The van der Waals surface area contributed by atoms with Gasteiger partial charge in [0.15, 0.2) is 11.3 Å². The summed E-state index contributed by atoms with van der Waals surface area (Å²) in [5.41, 5.74) is 3.53. The summed E-state index contributed by atoms with van der Waals surface area (Å²) >= 11 is 0. The highest BCUT2D eigenvalue weighted by Gasteiger charge is 2.33. The molecule has 0 bridgehead atoms. The second kappa shape index (κ2) is 7.50. The average Bonchev–Trinajstić information content (AvgIpc) is 3.33. The molecule has 3 aromatic heterocycles. The Hall–Kier alpha value is -3.32. The predicted octanol–water partition coefficient (Wildman–Crippen LogP) is 3.02. The lowest BCUT2D eigenvalue weighted by Crippen LogP contribution is -2.23.